The Labute approximate surface area is 140 Å². The second-order valence-corrected chi connectivity index (χ2v) is 6.90. The number of morpholine rings is 1. The third-order valence-corrected chi connectivity index (χ3v) is 5.44. The Bertz CT molecular complexity index is 659. The second-order valence-electron chi connectivity index (χ2n) is 6.12. The van der Waals surface area contributed by atoms with Gasteiger partial charge in [0, 0.05) is 25.0 Å². The minimum absolute atomic E-state index is 0.146. The van der Waals surface area contributed by atoms with E-state index in [1.54, 1.807) is 11.3 Å². The summed E-state index contributed by atoms with van der Waals surface area (Å²) in [4.78, 5) is 17.0. The van der Waals surface area contributed by atoms with E-state index in [0.717, 1.165) is 31.8 Å². The first-order chi connectivity index (χ1) is 11.3. The van der Waals surface area contributed by atoms with Crippen LogP contribution in [-0.2, 0) is 4.74 Å². The predicted molar refractivity (Wildman–Crippen MR) is 90.7 cm³/mol. The van der Waals surface area contributed by atoms with Gasteiger partial charge in [0.25, 0.3) is 5.91 Å². The zero-order chi connectivity index (χ0) is 15.6. The topological polar surface area (TPSA) is 32.8 Å². The quantitative estimate of drug-likeness (QED) is 0.850. The number of amides is 1. The van der Waals surface area contributed by atoms with Crippen molar-refractivity contribution in [1.82, 2.24) is 9.80 Å². The van der Waals surface area contributed by atoms with Gasteiger partial charge in [0.1, 0.15) is 0 Å². The van der Waals surface area contributed by atoms with E-state index < -0.39 is 0 Å². The molecule has 5 heteroatoms. The molecule has 4 rings (SSSR count). The summed E-state index contributed by atoms with van der Waals surface area (Å²) >= 11 is 1.57. The lowest BCUT2D eigenvalue weighted by molar-refractivity contribution is -0.0770. The second kappa shape index (κ2) is 6.43. The first-order valence-corrected chi connectivity index (χ1v) is 8.97. The van der Waals surface area contributed by atoms with E-state index in [4.69, 9.17) is 4.74 Å². The first kappa shape index (κ1) is 14.9. The Morgan fingerprint density at radius 1 is 1.13 bits per heavy atom. The van der Waals surface area contributed by atoms with Gasteiger partial charge in [-0.1, -0.05) is 30.3 Å². The van der Waals surface area contributed by atoms with Crippen molar-refractivity contribution in [2.75, 3.05) is 32.8 Å². The maximum absolute atomic E-state index is 12.6. The van der Waals surface area contributed by atoms with Gasteiger partial charge in [-0.2, -0.15) is 11.3 Å². The molecule has 0 unspecified atom stereocenters. The number of benzene rings is 1. The number of thiophene rings is 1. The molecule has 2 aliphatic rings. The van der Waals surface area contributed by atoms with Crippen LogP contribution in [0.3, 0.4) is 0 Å². The Kier molecular flexibility index (Phi) is 4.16. The van der Waals surface area contributed by atoms with Crippen LogP contribution in [0.4, 0.5) is 0 Å². The minimum atomic E-state index is 0.146. The lowest BCUT2D eigenvalue weighted by atomic mass is 10.00. The largest absolute Gasteiger partial charge is 0.378 e. The highest BCUT2D eigenvalue weighted by atomic mass is 32.1. The number of fused-ring (bicyclic) bond motifs is 1. The van der Waals surface area contributed by atoms with Crippen LogP contribution in [0.5, 0.6) is 0 Å². The van der Waals surface area contributed by atoms with Gasteiger partial charge >= 0.3 is 0 Å². The molecule has 2 aromatic rings. The number of carbonyl (C=O) groups is 1. The number of hydrogen-bond donors (Lipinski definition) is 0. The standard InChI is InChI=1S/C18H20N2O2S/c21-18(15-6-9-23-13-15)19-7-8-20-16(10-19)11-22-12-17(20)14-4-2-1-3-5-14/h1-6,9,13,16-17H,7-8,10-12H2/t16-,17-/m1/s1. The molecule has 0 saturated carbocycles. The first-order valence-electron chi connectivity index (χ1n) is 8.03. The molecule has 1 aromatic heterocycles. The molecule has 0 radical (unpaired) electrons. The fourth-order valence-corrected chi connectivity index (χ4v) is 4.19. The van der Waals surface area contributed by atoms with E-state index in [1.165, 1.54) is 5.56 Å². The van der Waals surface area contributed by atoms with E-state index in [2.05, 4.69) is 29.2 Å². The summed E-state index contributed by atoms with van der Waals surface area (Å²) in [5, 5.41) is 3.89. The number of piperazine rings is 1. The van der Waals surface area contributed by atoms with Gasteiger partial charge in [0.2, 0.25) is 0 Å². The third kappa shape index (κ3) is 2.92. The summed E-state index contributed by atoms with van der Waals surface area (Å²) in [6, 6.07) is 13.0. The van der Waals surface area contributed by atoms with Crippen LogP contribution in [0.1, 0.15) is 22.0 Å². The zero-order valence-corrected chi connectivity index (χ0v) is 13.7. The number of nitrogens with zero attached hydrogens (tertiary/aromatic N) is 2. The van der Waals surface area contributed by atoms with E-state index in [1.807, 2.05) is 27.8 Å². The maximum Gasteiger partial charge on any atom is 0.254 e. The predicted octanol–water partition coefficient (Wildman–Crippen LogP) is 2.65. The van der Waals surface area contributed by atoms with Gasteiger partial charge in [-0.05, 0) is 17.0 Å². The molecular formula is C18H20N2O2S. The highest BCUT2D eigenvalue weighted by Gasteiger charge is 2.37. The van der Waals surface area contributed by atoms with Crippen LogP contribution in [0, 0.1) is 0 Å². The van der Waals surface area contributed by atoms with E-state index in [-0.39, 0.29) is 11.9 Å². The van der Waals surface area contributed by atoms with Crippen molar-refractivity contribution < 1.29 is 9.53 Å². The Morgan fingerprint density at radius 2 is 2.00 bits per heavy atom. The van der Waals surface area contributed by atoms with Gasteiger partial charge in [-0.15, -0.1) is 0 Å². The maximum atomic E-state index is 12.6. The van der Waals surface area contributed by atoms with Crippen LogP contribution >= 0.6 is 11.3 Å². The van der Waals surface area contributed by atoms with Crippen molar-refractivity contribution in [3.8, 4) is 0 Å². The van der Waals surface area contributed by atoms with Gasteiger partial charge in [-0.3, -0.25) is 9.69 Å². The fraction of sp³-hybridized carbons (Fsp3) is 0.389. The number of rotatable bonds is 2. The van der Waals surface area contributed by atoms with Crippen molar-refractivity contribution in [3.05, 3.63) is 58.3 Å². The molecule has 2 aliphatic heterocycles. The summed E-state index contributed by atoms with van der Waals surface area (Å²) in [7, 11) is 0. The normalized spacial score (nSPS) is 25.1. The molecule has 2 fully saturated rings. The van der Waals surface area contributed by atoms with E-state index in [0.29, 0.717) is 12.6 Å². The average molecular weight is 328 g/mol. The number of carbonyl (C=O) groups excluding carboxylic acids is 1. The summed E-state index contributed by atoms with van der Waals surface area (Å²) in [5.41, 5.74) is 2.11. The number of hydrogen-bond acceptors (Lipinski definition) is 4. The number of ether oxygens (including phenoxy) is 1. The molecule has 120 valence electrons. The summed E-state index contributed by atoms with van der Waals surface area (Å²) in [6.07, 6.45) is 0. The molecular weight excluding hydrogens is 308 g/mol. The molecule has 4 nitrogen and oxygen atoms in total. The molecule has 23 heavy (non-hydrogen) atoms. The molecule has 3 heterocycles. The van der Waals surface area contributed by atoms with Crippen LogP contribution in [0.15, 0.2) is 47.2 Å². The smallest absolute Gasteiger partial charge is 0.254 e. The van der Waals surface area contributed by atoms with Crippen molar-refractivity contribution in [2.45, 2.75) is 12.1 Å². The molecule has 0 bridgehead atoms. The zero-order valence-electron chi connectivity index (χ0n) is 12.9. The van der Waals surface area contributed by atoms with Crippen LogP contribution in [0.25, 0.3) is 0 Å². The SMILES string of the molecule is O=C(c1ccsc1)N1CCN2[C@@H](COC[C@@H]2c2ccccc2)C1. The lowest BCUT2D eigenvalue weighted by Gasteiger charge is -2.48. The molecule has 2 atom stereocenters. The summed E-state index contributed by atoms with van der Waals surface area (Å²) in [5.74, 6) is 0.146. The van der Waals surface area contributed by atoms with Crippen LogP contribution in [-0.4, -0.2) is 54.6 Å². The van der Waals surface area contributed by atoms with Crippen molar-refractivity contribution in [2.24, 2.45) is 0 Å². The highest BCUT2D eigenvalue weighted by Crippen LogP contribution is 2.30. The van der Waals surface area contributed by atoms with Gasteiger partial charge < -0.3 is 9.64 Å². The van der Waals surface area contributed by atoms with Gasteiger partial charge in [-0.25, -0.2) is 0 Å². The van der Waals surface area contributed by atoms with Gasteiger partial charge in [0.15, 0.2) is 0 Å². The van der Waals surface area contributed by atoms with Crippen molar-refractivity contribution in [1.29, 1.82) is 0 Å². The Balaban J connectivity index is 1.49. The summed E-state index contributed by atoms with van der Waals surface area (Å²) < 4.78 is 5.85. The average Bonchev–Trinajstić information content (AvgIpc) is 3.15. The lowest BCUT2D eigenvalue weighted by Crippen LogP contribution is -2.59. The Morgan fingerprint density at radius 3 is 2.78 bits per heavy atom. The molecule has 0 N–H and O–H groups in total. The van der Waals surface area contributed by atoms with E-state index >= 15 is 0 Å². The van der Waals surface area contributed by atoms with E-state index in [9.17, 15) is 4.79 Å². The Hall–Kier alpha value is -1.69. The molecule has 0 spiro atoms. The van der Waals surface area contributed by atoms with Crippen molar-refractivity contribution in [3.63, 3.8) is 0 Å². The fourth-order valence-electron chi connectivity index (χ4n) is 3.56. The van der Waals surface area contributed by atoms with Gasteiger partial charge in [0.05, 0.1) is 30.9 Å². The van der Waals surface area contributed by atoms with Crippen LogP contribution < -0.4 is 0 Å². The summed E-state index contributed by atoms with van der Waals surface area (Å²) in [6.45, 7) is 3.88. The minimum Gasteiger partial charge on any atom is -0.378 e. The molecule has 2 saturated heterocycles. The highest BCUT2D eigenvalue weighted by molar-refractivity contribution is 7.08. The van der Waals surface area contributed by atoms with Crippen LogP contribution in [0.2, 0.25) is 0 Å². The molecule has 1 amide bonds. The molecule has 0 aliphatic carbocycles. The molecule has 1 aromatic carbocycles. The monoisotopic (exact) mass is 328 g/mol. The van der Waals surface area contributed by atoms with Crippen molar-refractivity contribution >= 4 is 17.2 Å². The third-order valence-electron chi connectivity index (χ3n) is 4.75.